The number of nitriles is 1. The van der Waals surface area contributed by atoms with Gasteiger partial charge in [0.1, 0.15) is 23.4 Å². The summed E-state index contributed by atoms with van der Waals surface area (Å²) in [5, 5.41) is 12.0. The van der Waals surface area contributed by atoms with Crippen molar-refractivity contribution in [3.05, 3.63) is 64.9 Å². The van der Waals surface area contributed by atoms with Gasteiger partial charge >= 0.3 is 0 Å². The van der Waals surface area contributed by atoms with Gasteiger partial charge in [-0.05, 0) is 41.0 Å². The number of rotatable bonds is 3. The number of hydrogen-bond donors (Lipinski definition) is 2. The van der Waals surface area contributed by atoms with E-state index in [0.29, 0.717) is 34.4 Å². The SMILES string of the molecule is CN=C(C#N)/C(=C\N)c1cc2c(cc1-c1ccc(F)cc1F)C(=O)NC2. The molecule has 1 aliphatic heterocycles. The van der Waals surface area contributed by atoms with Crippen molar-refractivity contribution in [3.63, 3.8) is 0 Å². The normalized spacial score (nSPS) is 14.0. The average Bonchev–Trinajstić information content (AvgIpc) is 2.99. The molecule has 7 heteroatoms. The zero-order valence-electron chi connectivity index (χ0n) is 13.8. The third-order valence-corrected chi connectivity index (χ3v) is 4.19. The molecule has 0 fully saturated rings. The number of fused-ring (bicyclic) bond motifs is 1. The van der Waals surface area contributed by atoms with Crippen molar-refractivity contribution in [2.45, 2.75) is 6.54 Å². The monoisotopic (exact) mass is 352 g/mol. The molecule has 0 bridgehead atoms. The highest BCUT2D eigenvalue weighted by molar-refractivity contribution is 6.32. The zero-order valence-corrected chi connectivity index (χ0v) is 13.8. The highest BCUT2D eigenvalue weighted by Gasteiger charge is 2.25. The lowest BCUT2D eigenvalue weighted by molar-refractivity contribution is 0.0966. The number of nitrogens with one attached hydrogen (secondary N) is 1. The topological polar surface area (TPSA) is 91.3 Å². The van der Waals surface area contributed by atoms with Gasteiger partial charge in [0, 0.05) is 42.6 Å². The fraction of sp³-hybridized carbons (Fsp3) is 0.105. The molecule has 1 heterocycles. The van der Waals surface area contributed by atoms with Crippen molar-refractivity contribution in [1.29, 1.82) is 5.26 Å². The first kappa shape index (κ1) is 17.3. The van der Waals surface area contributed by atoms with Gasteiger partial charge in [-0.3, -0.25) is 9.79 Å². The number of halogens is 2. The summed E-state index contributed by atoms with van der Waals surface area (Å²) in [5.41, 5.74) is 8.03. The first-order valence-corrected chi connectivity index (χ1v) is 7.70. The summed E-state index contributed by atoms with van der Waals surface area (Å²) >= 11 is 0. The predicted octanol–water partition coefficient (Wildman–Crippen LogP) is 2.77. The molecule has 2 aromatic carbocycles. The summed E-state index contributed by atoms with van der Waals surface area (Å²) in [7, 11) is 1.44. The van der Waals surface area contributed by atoms with E-state index in [9.17, 15) is 18.8 Å². The molecule has 3 rings (SSSR count). The number of hydrogen-bond acceptors (Lipinski definition) is 4. The summed E-state index contributed by atoms with van der Waals surface area (Å²) < 4.78 is 27.7. The summed E-state index contributed by atoms with van der Waals surface area (Å²) in [6, 6.07) is 8.31. The molecule has 0 unspecified atom stereocenters. The number of allylic oxidation sites excluding steroid dienone is 1. The molecule has 0 atom stereocenters. The van der Waals surface area contributed by atoms with Gasteiger partial charge in [-0.2, -0.15) is 5.26 Å². The Morgan fingerprint density at radius 2 is 2.04 bits per heavy atom. The Bertz CT molecular complexity index is 1020. The van der Waals surface area contributed by atoms with Crippen LogP contribution in [0.25, 0.3) is 16.7 Å². The standard InChI is InChI=1S/C19H14F2N4O/c1-24-18(8-23)16(7-22)14-4-10-9-25-19(26)13(10)6-15(14)12-3-2-11(20)5-17(12)21/h2-7H,9,22H2,1H3,(H,25,26)/b16-7-,24-18?. The average molecular weight is 352 g/mol. The Kier molecular flexibility index (Phi) is 4.50. The minimum absolute atomic E-state index is 0.0634. The molecule has 0 saturated heterocycles. The van der Waals surface area contributed by atoms with Crippen molar-refractivity contribution < 1.29 is 13.6 Å². The van der Waals surface area contributed by atoms with Crippen LogP contribution >= 0.6 is 0 Å². The summed E-state index contributed by atoms with van der Waals surface area (Å²) in [5.74, 6) is -1.78. The van der Waals surface area contributed by atoms with Gasteiger partial charge in [0.15, 0.2) is 0 Å². The second kappa shape index (κ2) is 6.76. The fourth-order valence-electron chi connectivity index (χ4n) is 2.95. The van der Waals surface area contributed by atoms with Crippen LogP contribution in [-0.2, 0) is 6.54 Å². The molecule has 0 spiro atoms. The molecular weight excluding hydrogens is 338 g/mol. The van der Waals surface area contributed by atoms with E-state index < -0.39 is 11.6 Å². The van der Waals surface area contributed by atoms with Crippen molar-refractivity contribution in [1.82, 2.24) is 5.32 Å². The Morgan fingerprint density at radius 1 is 1.27 bits per heavy atom. The van der Waals surface area contributed by atoms with Gasteiger partial charge in [-0.1, -0.05) is 0 Å². The molecule has 0 radical (unpaired) electrons. The molecule has 0 aromatic heterocycles. The summed E-state index contributed by atoms with van der Waals surface area (Å²) in [6.45, 7) is 0.316. The molecule has 5 nitrogen and oxygen atoms in total. The van der Waals surface area contributed by atoms with Crippen LogP contribution in [0.15, 0.2) is 41.5 Å². The van der Waals surface area contributed by atoms with Crippen molar-refractivity contribution >= 4 is 17.2 Å². The van der Waals surface area contributed by atoms with Gasteiger partial charge in [0.05, 0.1) is 0 Å². The van der Waals surface area contributed by atoms with Gasteiger partial charge in [-0.15, -0.1) is 0 Å². The smallest absolute Gasteiger partial charge is 0.251 e. The van der Waals surface area contributed by atoms with Crippen molar-refractivity contribution in [2.24, 2.45) is 10.7 Å². The van der Waals surface area contributed by atoms with Crippen molar-refractivity contribution in [2.75, 3.05) is 7.05 Å². The van der Waals surface area contributed by atoms with Gasteiger partial charge < -0.3 is 11.1 Å². The molecule has 26 heavy (non-hydrogen) atoms. The Morgan fingerprint density at radius 3 is 2.65 bits per heavy atom. The largest absolute Gasteiger partial charge is 0.404 e. The highest BCUT2D eigenvalue weighted by atomic mass is 19.1. The van der Waals surface area contributed by atoms with E-state index in [1.54, 1.807) is 6.07 Å². The van der Waals surface area contributed by atoms with Gasteiger partial charge in [0.25, 0.3) is 5.91 Å². The molecular formula is C19H14F2N4O. The number of amides is 1. The van der Waals surface area contributed by atoms with Gasteiger partial charge in [0.2, 0.25) is 0 Å². The Hall–Kier alpha value is -3.53. The molecule has 0 saturated carbocycles. The zero-order chi connectivity index (χ0) is 18.8. The van der Waals surface area contributed by atoms with Crippen molar-refractivity contribution in [3.8, 4) is 17.2 Å². The lowest BCUT2D eigenvalue weighted by Crippen LogP contribution is -2.12. The third-order valence-electron chi connectivity index (χ3n) is 4.19. The van der Waals surface area contributed by atoms with E-state index in [4.69, 9.17) is 5.73 Å². The third kappa shape index (κ3) is 2.82. The second-order valence-corrected chi connectivity index (χ2v) is 5.63. The number of nitrogens with two attached hydrogens (primary N) is 1. The first-order valence-electron chi connectivity index (χ1n) is 7.70. The van der Waals surface area contributed by atoms with E-state index in [1.165, 1.54) is 25.4 Å². The van der Waals surface area contributed by atoms with Crippen LogP contribution in [0.2, 0.25) is 0 Å². The predicted molar refractivity (Wildman–Crippen MR) is 94.1 cm³/mol. The van der Waals surface area contributed by atoms with Crippen LogP contribution in [0.3, 0.4) is 0 Å². The lowest BCUT2D eigenvalue weighted by Gasteiger charge is -2.15. The molecule has 1 aliphatic rings. The maximum absolute atomic E-state index is 14.4. The van der Waals surface area contributed by atoms with Crippen LogP contribution < -0.4 is 11.1 Å². The van der Waals surface area contributed by atoms with Crippen LogP contribution in [-0.4, -0.2) is 18.7 Å². The number of carbonyl (C=O) groups is 1. The van der Waals surface area contributed by atoms with Crippen LogP contribution in [0.4, 0.5) is 8.78 Å². The number of aliphatic imine (C=N–C) groups is 1. The fourth-order valence-corrected chi connectivity index (χ4v) is 2.95. The summed E-state index contributed by atoms with van der Waals surface area (Å²) in [4.78, 5) is 15.9. The Labute approximate surface area is 148 Å². The van der Waals surface area contributed by atoms with Gasteiger partial charge in [-0.25, -0.2) is 8.78 Å². The second-order valence-electron chi connectivity index (χ2n) is 5.63. The molecule has 3 N–H and O–H groups in total. The van der Waals surface area contributed by atoms with E-state index in [1.807, 2.05) is 6.07 Å². The molecule has 130 valence electrons. The number of benzene rings is 2. The number of carbonyl (C=O) groups excluding carboxylic acids is 1. The van der Waals surface area contributed by atoms with Crippen LogP contribution in [0, 0.1) is 23.0 Å². The molecule has 1 amide bonds. The van der Waals surface area contributed by atoms with E-state index in [0.717, 1.165) is 12.1 Å². The molecule has 0 aliphatic carbocycles. The van der Waals surface area contributed by atoms with E-state index in [2.05, 4.69) is 10.3 Å². The van der Waals surface area contributed by atoms with E-state index >= 15 is 0 Å². The quantitative estimate of drug-likeness (QED) is 0.832. The van der Waals surface area contributed by atoms with E-state index in [-0.39, 0.29) is 17.2 Å². The highest BCUT2D eigenvalue weighted by Crippen LogP contribution is 2.35. The summed E-state index contributed by atoms with van der Waals surface area (Å²) in [6.07, 6.45) is 1.21. The van der Waals surface area contributed by atoms with Crippen LogP contribution in [0.5, 0.6) is 0 Å². The maximum Gasteiger partial charge on any atom is 0.251 e. The lowest BCUT2D eigenvalue weighted by atomic mass is 9.89. The van der Waals surface area contributed by atoms with Crippen LogP contribution in [0.1, 0.15) is 21.5 Å². The first-order chi connectivity index (χ1) is 12.5. The minimum atomic E-state index is -0.784. The number of nitrogens with zero attached hydrogens (tertiary/aromatic N) is 2. The Balaban J connectivity index is 2.33. The molecule has 2 aromatic rings. The maximum atomic E-state index is 14.4. The minimum Gasteiger partial charge on any atom is -0.404 e.